The van der Waals surface area contributed by atoms with Gasteiger partial charge in [-0.3, -0.25) is 0 Å². The summed E-state index contributed by atoms with van der Waals surface area (Å²) in [7, 11) is 1.67. The van der Waals surface area contributed by atoms with E-state index in [0.717, 1.165) is 24.2 Å². The summed E-state index contributed by atoms with van der Waals surface area (Å²) in [4.78, 5) is 0. The maximum absolute atomic E-state index is 9.76. The molecule has 0 aliphatic rings. The largest absolute Gasteiger partial charge is 0.496 e. The third-order valence-electron chi connectivity index (χ3n) is 4.48. The molecule has 0 fully saturated rings. The van der Waals surface area contributed by atoms with E-state index >= 15 is 0 Å². The fraction of sp³-hybridized carbons (Fsp3) is 0.381. The van der Waals surface area contributed by atoms with Crippen LogP contribution >= 0.6 is 0 Å². The van der Waals surface area contributed by atoms with Crippen LogP contribution in [0.15, 0.2) is 30.3 Å². The quantitative estimate of drug-likeness (QED) is 0.776. The van der Waals surface area contributed by atoms with Crippen LogP contribution in [0, 0.1) is 32.1 Å². The lowest BCUT2D eigenvalue weighted by molar-refractivity contribution is 0.408. The fourth-order valence-electron chi connectivity index (χ4n) is 3.24. The van der Waals surface area contributed by atoms with E-state index in [1.54, 1.807) is 7.11 Å². The van der Waals surface area contributed by atoms with Crippen LogP contribution in [-0.2, 0) is 12.8 Å². The molecule has 23 heavy (non-hydrogen) atoms. The summed E-state index contributed by atoms with van der Waals surface area (Å²) >= 11 is 0. The average Bonchev–Trinajstić information content (AvgIpc) is 2.53. The van der Waals surface area contributed by atoms with E-state index < -0.39 is 0 Å². The van der Waals surface area contributed by atoms with Gasteiger partial charge in [0.05, 0.1) is 19.1 Å². The van der Waals surface area contributed by atoms with E-state index in [1.807, 2.05) is 6.07 Å². The van der Waals surface area contributed by atoms with Crippen molar-refractivity contribution in [3.05, 3.63) is 63.7 Å². The zero-order valence-corrected chi connectivity index (χ0v) is 14.7. The Morgan fingerprint density at radius 3 is 2.26 bits per heavy atom. The average molecular weight is 307 g/mol. The van der Waals surface area contributed by atoms with Crippen molar-refractivity contribution in [1.29, 1.82) is 5.26 Å². The van der Waals surface area contributed by atoms with E-state index in [0.29, 0.717) is 0 Å². The Hall–Kier alpha value is -2.27. The SMILES string of the molecule is CCc1ccc(OC)c(C(C#N)Cc2c(C)cc(C)cc2C)c1. The maximum atomic E-state index is 9.76. The number of nitrogens with zero attached hydrogens (tertiary/aromatic N) is 1. The van der Waals surface area contributed by atoms with Crippen LogP contribution in [0.3, 0.4) is 0 Å². The smallest absolute Gasteiger partial charge is 0.123 e. The standard InChI is InChI=1S/C21H25NO/c1-6-17-7-8-21(23-5)20(11-17)18(13-22)12-19-15(3)9-14(2)10-16(19)4/h7-11,18H,6,12H2,1-5H3. The normalized spacial score (nSPS) is 11.8. The Morgan fingerprint density at radius 1 is 1.09 bits per heavy atom. The Balaban J connectivity index is 2.44. The maximum Gasteiger partial charge on any atom is 0.123 e. The molecule has 2 rings (SSSR count). The Labute approximate surface area is 139 Å². The number of ether oxygens (including phenoxy) is 1. The number of aryl methyl sites for hydroxylation is 4. The molecule has 0 amide bonds. The van der Waals surface area contributed by atoms with E-state index in [-0.39, 0.29) is 5.92 Å². The third-order valence-corrected chi connectivity index (χ3v) is 4.48. The molecule has 2 aromatic rings. The first-order valence-corrected chi connectivity index (χ1v) is 8.13. The number of methoxy groups -OCH3 is 1. The molecule has 0 heterocycles. The molecular weight excluding hydrogens is 282 g/mol. The number of hydrogen-bond acceptors (Lipinski definition) is 2. The first kappa shape index (κ1) is 17.1. The number of nitriles is 1. The van der Waals surface area contributed by atoms with E-state index in [4.69, 9.17) is 4.74 Å². The zero-order chi connectivity index (χ0) is 17.0. The zero-order valence-electron chi connectivity index (χ0n) is 14.7. The highest BCUT2D eigenvalue weighted by Crippen LogP contribution is 2.32. The van der Waals surface area contributed by atoms with Crippen molar-refractivity contribution >= 4 is 0 Å². The molecule has 1 unspecified atom stereocenters. The molecule has 0 saturated carbocycles. The van der Waals surface area contributed by atoms with Crippen molar-refractivity contribution in [3.8, 4) is 11.8 Å². The minimum Gasteiger partial charge on any atom is -0.496 e. The lowest BCUT2D eigenvalue weighted by atomic mass is 9.87. The van der Waals surface area contributed by atoms with E-state index in [1.165, 1.54) is 27.8 Å². The molecule has 0 aliphatic carbocycles. The van der Waals surface area contributed by atoms with Gasteiger partial charge in [0.25, 0.3) is 0 Å². The summed E-state index contributed by atoms with van der Waals surface area (Å²) in [6.45, 7) is 8.49. The third kappa shape index (κ3) is 3.74. The second-order valence-corrected chi connectivity index (χ2v) is 6.19. The van der Waals surface area contributed by atoms with Crippen LogP contribution in [0.25, 0.3) is 0 Å². The summed E-state index contributed by atoms with van der Waals surface area (Å²) in [5.74, 6) is 0.604. The molecule has 120 valence electrons. The van der Waals surface area contributed by atoms with Crippen molar-refractivity contribution < 1.29 is 4.74 Å². The molecule has 0 N–H and O–H groups in total. The number of hydrogen-bond donors (Lipinski definition) is 0. The highest BCUT2D eigenvalue weighted by molar-refractivity contribution is 5.45. The highest BCUT2D eigenvalue weighted by atomic mass is 16.5. The molecule has 2 aromatic carbocycles. The van der Waals surface area contributed by atoms with Gasteiger partial charge in [0, 0.05) is 5.56 Å². The van der Waals surface area contributed by atoms with Gasteiger partial charge in [-0.15, -0.1) is 0 Å². The van der Waals surface area contributed by atoms with Crippen LogP contribution in [0.5, 0.6) is 5.75 Å². The lowest BCUT2D eigenvalue weighted by Crippen LogP contribution is -2.07. The van der Waals surface area contributed by atoms with Gasteiger partial charge < -0.3 is 4.74 Å². The van der Waals surface area contributed by atoms with E-state index in [2.05, 4.69) is 58.0 Å². The lowest BCUT2D eigenvalue weighted by Gasteiger charge is -2.18. The Kier molecular flexibility index (Phi) is 5.45. The van der Waals surface area contributed by atoms with Crippen LogP contribution in [0.4, 0.5) is 0 Å². The molecule has 0 aliphatic heterocycles. The molecule has 0 aromatic heterocycles. The van der Waals surface area contributed by atoms with Crippen LogP contribution in [-0.4, -0.2) is 7.11 Å². The molecule has 2 heteroatoms. The van der Waals surface area contributed by atoms with Crippen molar-refractivity contribution in [1.82, 2.24) is 0 Å². The fourth-order valence-corrected chi connectivity index (χ4v) is 3.24. The summed E-state index contributed by atoms with van der Waals surface area (Å²) in [5, 5.41) is 9.76. The first-order valence-electron chi connectivity index (χ1n) is 8.13. The molecule has 1 atom stereocenters. The van der Waals surface area contributed by atoms with Crippen LogP contribution in [0.2, 0.25) is 0 Å². The van der Waals surface area contributed by atoms with Gasteiger partial charge >= 0.3 is 0 Å². The van der Waals surface area contributed by atoms with Gasteiger partial charge in [-0.1, -0.05) is 36.8 Å². The van der Waals surface area contributed by atoms with Crippen molar-refractivity contribution in [2.45, 2.75) is 46.5 Å². The predicted octanol–water partition coefficient (Wildman–Crippen LogP) is 5.03. The first-order chi connectivity index (χ1) is 11.0. The Bertz CT molecular complexity index is 717. The van der Waals surface area contributed by atoms with Gasteiger partial charge in [0.1, 0.15) is 5.75 Å². The molecular formula is C21H25NO. The van der Waals surface area contributed by atoms with Crippen LogP contribution < -0.4 is 4.74 Å². The van der Waals surface area contributed by atoms with Crippen LogP contribution in [0.1, 0.15) is 46.2 Å². The molecule has 0 saturated heterocycles. The van der Waals surface area contributed by atoms with Crippen molar-refractivity contribution in [3.63, 3.8) is 0 Å². The van der Waals surface area contributed by atoms with Crippen molar-refractivity contribution in [2.75, 3.05) is 7.11 Å². The topological polar surface area (TPSA) is 33.0 Å². The minimum absolute atomic E-state index is 0.198. The Morgan fingerprint density at radius 2 is 1.74 bits per heavy atom. The molecule has 0 bridgehead atoms. The summed E-state index contributed by atoms with van der Waals surface area (Å²) in [6, 6.07) is 13.0. The minimum atomic E-state index is -0.198. The number of rotatable bonds is 5. The summed E-state index contributed by atoms with van der Waals surface area (Å²) in [5.41, 5.74) is 7.28. The molecule has 0 radical (unpaired) electrons. The second-order valence-electron chi connectivity index (χ2n) is 6.19. The number of benzene rings is 2. The molecule has 0 spiro atoms. The molecule has 2 nitrogen and oxygen atoms in total. The van der Waals surface area contributed by atoms with E-state index in [9.17, 15) is 5.26 Å². The van der Waals surface area contributed by atoms with Gasteiger partial charge in [-0.25, -0.2) is 0 Å². The monoisotopic (exact) mass is 307 g/mol. The highest BCUT2D eigenvalue weighted by Gasteiger charge is 2.19. The predicted molar refractivity (Wildman–Crippen MR) is 95.1 cm³/mol. The van der Waals surface area contributed by atoms with Gasteiger partial charge in [-0.2, -0.15) is 5.26 Å². The summed E-state index contributed by atoms with van der Waals surface area (Å²) in [6.07, 6.45) is 1.68. The van der Waals surface area contributed by atoms with Gasteiger partial charge in [0.2, 0.25) is 0 Å². The van der Waals surface area contributed by atoms with Gasteiger partial charge in [0.15, 0.2) is 0 Å². The summed E-state index contributed by atoms with van der Waals surface area (Å²) < 4.78 is 5.49. The van der Waals surface area contributed by atoms with Gasteiger partial charge in [-0.05, 0) is 61.9 Å². The second kappa shape index (κ2) is 7.33. The van der Waals surface area contributed by atoms with Crippen molar-refractivity contribution in [2.24, 2.45) is 0 Å².